The van der Waals surface area contributed by atoms with Gasteiger partial charge in [0.1, 0.15) is 0 Å². The average Bonchev–Trinajstić information content (AvgIpc) is 2.36. The van der Waals surface area contributed by atoms with E-state index >= 15 is 0 Å². The Morgan fingerprint density at radius 1 is 1.50 bits per heavy atom. The van der Waals surface area contributed by atoms with Crippen molar-refractivity contribution in [2.24, 2.45) is 0 Å². The molecule has 0 bridgehead atoms. The van der Waals surface area contributed by atoms with Gasteiger partial charge in [-0.05, 0) is 12.6 Å². The van der Waals surface area contributed by atoms with Crippen LogP contribution in [0, 0.1) is 10.1 Å². The van der Waals surface area contributed by atoms with Crippen LogP contribution in [0.25, 0.3) is 0 Å². The van der Waals surface area contributed by atoms with E-state index in [4.69, 9.17) is 0 Å². The molecule has 18 heavy (non-hydrogen) atoms. The van der Waals surface area contributed by atoms with Crippen LogP contribution in [0.2, 0.25) is 0 Å². The lowest BCUT2D eigenvalue weighted by Crippen LogP contribution is -2.28. The molecule has 98 valence electrons. The molecular formula is C12H17N3O3. The SMILES string of the molecule is CNCCC(=O)N(C)Cc1cccc([N+](=O)[O-])c1. The Morgan fingerprint density at radius 3 is 2.83 bits per heavy atom. The lowest BCUT2D eigenvalue weighted by atomic mass is 10.2. The number of nitro groups is 1. The minimum atomic E-state index is -0.438. The molecule has 0 saturated heterocycles. The molecule has 0 fully saturated rings. The third kappa shape index (κ3) is 4.14. The lowest BCUT2D eigenvalue weighted by Gasteiger charge is -2.17. The van der Waals surface area contributed by atoms with E-state index in [1.807, 2.05) is 0 Å². The molecule has 0 spiro atoms. The van der Waals surface area contributed by atoms with Crippen LogP contribution in [0.15, 0.2) is 24.3 Å². The van der Waals surface area contributed by atoms with Gasteiger partial charge in [0.2, 0.25) is 5.91 Å². The molecule has 0 aromatic heterocycles. The molecule has 0 radical (unpaired) electrons. The Labute approximate surface area is 106 Å². The van der Waals surface area contributed by atoms with Crippen LogP contribution in [0.3, 0.4) is 0 Å². The first-order valence-corrected chi connectivity index (χ1v) is 5.66. The highest BCUT2D eigenvalue weighted by atomic mass is 16.6. The number of nitrogens with one attached hydrogen (secondary N) is 1. The summed E-state index contributed by atoms with van der Waals surface area (Å²) in [4.78, 5) is 23.4. The number of non-ortho nitro benzene ring substituents is 1. The normalized spacial score (nSPS) is 10.1. The number of nitrogens with zero attached hydrogens (tertiary/aromatic N) is 2. The quantitative estimate of drug-likeness (QED) is 0.608. The molecule has 6 nitrogen and oxygen atoms in total. The fraction of sp³-hybridized carbons (Fsp3) is 0.417. The average molecular weight is 251 g/mol. The van der Waals surface area contributed by atoms with Crippen LogP contribution < -0.4 is 5.32 Å². The Kier molecular flexibility index (Phi) is 5.26. The third-order valence-electron chi connectivity index (χ3n) is 2.56. The topological polar surface area (TPSA) is 75.5 Å². The number of carbonyl (C=O) groups excluding carboxylic acids is 1. The molecule has 0 saturated carbocycles. The van der Waals surface area contributed by atoms with E-state index in [1.165, 1.54) is 12.1 Å². The highest BCUT2D eigenvalue weighted by Crippen LogP contribution is 2.14. The van der Waals surface area contributed by atoms with Crippen molar-refractivity contribution in [3.8, 4) is 0 Å². The van der Waals surface area contributed by atoms with E-state index < -0.39 is 4.92 Å². The summed E-state index contributed by atoms with van der Waals surface area (Å²) < 4.78 is 0. The monoisotopic (exact) mass is 251 g/mol. The molecule has 0 aliphatic heterocycles. The molecule has 1 amide bonds. The molecule has 6 heteroatoms. The minimum absolute atomic E-state index is 0.0101. The zero-order valence-corrected chi connectivity index (χ0v) is 10.5. The first kappa shape index (κ1) is 14.1. The van der Waals surface area contributed by atoms with Crippen molar-refractivity contribution in [1.29, 1.82) is 0 Å². The van der Waals surface area contributed by atoms with Crippen LogP contribution in [0.5, 0.6) is 0 Å². The standard InChI is InChI=1S/C12H17N3O3/c1-13-7-6-12(16)14(2)9-10-4-3-5-11(8-10)15(17)18/h3-5,8,13H,6-7,9H2,1-2H3. The fourth-order valence-electron chi connectivity index (χ4n) is 1.55. The van der Waals surface area contributed by atoms with E-state index in [1.54, 1.807) is 31.1 Å². The van der Waals surface area contributed by atoms with E-state index in [2.05, 4.69) is 5.32 Å². The second-order valence-corrected chi connectivity index (χ2v) is 4.03. The van der Waals surface area contributed by atoms with Gasteiger partial charge >= 0.3 is 0 Å². The Morgan fingerprint density at radius 2 is 2.22 bits per heavy atom. The van der Waals surface area contributed by atoms with Gasteiger partial charge in [-0.2, -0.15) is 0 Å². The molecule has 1 aromatic rings. The van der Waals surface area contributed by atoms with Crippen molar-refractivity contribution >= 4 is 11.6 Å². The van der Waals surface area contributed by atoms with Gasteiger partial charge in [0.05, 0.1) is 4.92 Å². The van der Waals surface area contributed by atoms with Crippen molar-refractivity contribution in [2.45, 2.75) is 13.0 Å². The summed E-state index contributed by atoms with van der Waals surface area (Å²) in [6.45, 7) is 1.00. The Hall–Kier alpha value is -1.95. The maximum absolute atomic E-state index is 11.7. The van der Waals surface area contributed by atoms with Gasteiger partial charge in [-0.1, -0.05) is 12.1 Å². The van der Waals surface area contributed by atoms with Gasteiger partial charge < -0.3 is 10.2 Å². The lowest BCUT2D eigenvalue weighted by molar-refractivity contribution is -0.384. The molecule has 0 aliphatic carbocycles. The third-order valence-corrected chi connectivity index (χ3v) is 2.56. The number of nitro benzene ring substituents is 1. The summed E-state index contributed by atoms with van der Waals surface area (Å²) in [6, 6.07) is 6.32. The van der Waals surface area contributed by atoms with Gasteiger partial charge in [0, 0.05) is 38.7 Å². The van der Waals surface area contributed by atoms with Crippen molar-refractivity contribution in [3.63, 3.8) is 0 Å². The van der Waals surface area contributed by atoms with E-state index in [0.717, 1.165) is 5.56 Å². The van der Waals surface area contributed by atoms with Gasteiger partial charge in [-0.15, -0.1) is 0 Å². The largest absolute Gasteiger partial charge is 0.341 e. The maximum atomic E-state index is 11.7. The van der Waals surface area contributed by atoms with Gasteiger partial charge in [-0.3, -0.25) is 14.9 Å². The van der Waals surface area contributed by atoms with E-state index in [9.17, 15) is 14.9 Å². The number of benzene rings is 1. The predicted molar refractivity (Wildman–Crippen MR) is 68.1 cm³/mol. The zero-order valence-electron chi connectivity index (χ0n) is 10.5. The van der Waals surface area contributed by atoms with Crippen molar-refractivity contribution in [1.82, 2.24) is 10.2 Å². The summed E-state index contributed by atoms with van der Waals surface area (Å²) in [6.07, 6.45) is 0.419. The Bertz CT molecular complexity index is 434. The zero-order chi connectivity index (χ0) is 13.5. The summed E-state index contributed by atoms with van der Waals surface area (Å²) >= 11 is 0. The van der Waals surface area contributed by atoms with Crippen molar-refractivity contribution < 1.29 is 9.72 Å². The number of rotatable bonds is 6. The van der Waals surface area contributed by atoms with Crippen molar-refractivity contribution in [2.75, 3.05) is 20.6 Å². The van der Waals surface area contributed by atoms with Crippen LogP contribution in [0.1, 0.15) is 12.0 Å². The molecule has 0 atom stereocenters. The molecular weight excluding hydrogens is 234 g/mol. The van der Waals surface area contributed by atoms with Crippen LogP contribution in [-0.4, -0.2) is 36.4 Å². The van der Waals surface area contributed by atoms with E-state index in [-0.39, 0.29) is 11.6 Å². The van der Waals surface area contributed by atoms with Gasteiger partial charge in [0.25, 0.3) is 5.69 Å². The molecule has 0 heterocycles. The molecule has 0 aliphatic rings. The molecule has 1 rings (SSSR count). The van der Waals surface area contributed by atoms with Crippen LogP contribution in [0.4, 0.5) is 5.69 Å². The summed E-state index contributed by atoms with van der Waals surface area (Å²) in [5, 5.41) is 13.5. The number of hydrogen-bond acceptors (Lipinski definition) is 4. The summed E-state index contributed by atoms with van der Waals surface area (Å²) in [5.74, 6) is 0.0101. The predicted octanol–water partition coefficient (Wildman–Crippen LogP) is 1.16. The minimum Gasteiger partial charge on any atom is -0.341 e. The van der Waals surface area contributed by atoms with Crippen LogP contribution >= 0.6 is 0 Å². The highest BCUT2D eigenvalue weighted by molar-refractivity contribution is 5.76. The summed E-state index contributed by atoms with van der Waals surface area (Å²) in [5.41, 5.74) is 0.799. The number of carbonyl (C=O) groups is 1. The summed E-state index contributed by atoms with van der Waals surface area (Å²) in [7, 11) is 3.48. The molecule has 0 unspecified atom stereocenters. The van der Waals surface area contributed by atoms with Crippen LogP contribution in [-0.2, 0) is 11.3 Å². The first-order valence-electron chi connectivity index (χ1n) is 5.66. The number of hydrogen-bond donors (Lipinski definition) is 1. The molecule has 1 N–H and O–H groups in total. The Balaban J connectivity index is 2.63. The van der Waals surface area contributed by atoms with Crippen molar-refractivity contribution in [3.05, 3.63) is 39.9 Å². The fourth-order valence-corrected chi connectivity index (χ4v) is 1.55. The smallest absolute Gasteiger partial charge is 0.269 e. The molecule has 1 aromatic carbocycles. The highest BCUT2D eigenvalue weighted by Gasteiger charge is 2.11. The number of amides is 1. The second kappa shape index (κ2) is 6.70. The maximum Gasteiger partial charge on any atom is 0.269 e. The van der Waals surface area contributed by atoms with Gasteiger partial charge in [-0.25, -0.2) is 0 Å². The van der Waals surface area contributed by atoms with E-state index in [0.29, 0.717) is 19.5 Å². The van der Waals surface area contributed by atoms with Gasteiger partial charge in [0.15, 0.2) is 0 Å². The first-order chi connectivity index (χ1) is 8.54. The second-order valence-electron chi connectivity index (χ2n) is 4.03.